The van der Waals surface area contributed by atoms with Crippen LogP contribution in [0.1, 0.15) is 50.1 Å². The van der Waals surface area contributed by atoms with Crippen molar-refractivity contribution in [2.75, 3.05) is 8.43 Å². The van der Waals surface area contributed by atoms with Gasteiger partial charge < -0.3 is 15.0 Å². The minimum atomic E-state index is -1.26. The number of aromatic nitrogens is 4. The normalized spacial score (nSPS) is 16.7. The molecule has 0 amide bonds. The van der Waals surface area contributed by atoms with Crippen LogP contribution >= 0.6 is 21.3 Å². The number of allylic oxidation sites excluding steroid dienone is 1. The summed E-state index contributed by atoms with van der Waals surface area (Å²) in [5, 5.41) is 21.9. The number of rotatable bonds is 7. The van der Waals surface area contributed by atoms with E-state index in [-0.39, 0.29) is 11.6 Å². The fourth-order valence-electron chi connectivity index (χ4n) is 3.69. The van der Waals surface area contributed by atoms with E-state index in [1.165, 1.54) is 18.9 Å². The van der Waals surface area contributed by atoms with E-state index in [0.717, 1.165) is 16.9 Å². The largest absolute Gasteiger partial charge is 0.369 e. The zero-order chi connectivity index (χ0) is 23.1. The third-order valence-electron chi connectivity index (χ3n) is 5.69. The molecule has 2 aliphatic rings. The van der Waals surface area contributed by atoms with Gasteiger partial charge in [0.1, 0.15) is 45.0 Å². The third-order valence-corrected chi connectivity index (χ3v) is 7.73. The van der Waals surface area contributed by atoms with Gasteiger partial charge in [0.15, 0.2) is 12.1 Å². The predicted molar refractivity (Wildman–Crippen MR) is 133 cm³/mol. The van der Waals surface area contributed by atoms with Crippen LogP contribution in [-0.2, 0) is 0 Å². The van der Waals surface area contributed by atoms with E-state index in [1.54, 1.807) is 18.5 Å². The summed E-state index contributed by atoms with van der Waals surface area (Å²) in [6.07, 6.45) is 4.88. The number of aliphatic hydroxyl groups is 1. The molecule has 8 nitrogen and oxygen atoms in total. The molecule has 2 N–H and O–H groups in total. The van der Waals surface area contributed by atoms with E-state index >= 15 is 0 Å². The van der Waals surface area contributed by atoms with Gasteiger partial charge in [0.2, 0.25) is 0 Å². The molecule has 0 bridgehead atoms. The number of aliphatic hydroxyl groups excluding tert-OH is 1. The van der Waals surface area contributed by atoms with E-state index in [2.05, 4.69) is 29.8 Å². The molecule has 1 saturated carbocycles. The van der Waals surface area contributed by atoms with Crippen LogP contribution in [-0.4, -0.2) is 24.9 Å². The van der Waals surface area contributed by atoms with Crippen LogP contribution in [0.2, 0.25) is 0 Å². The van der Waals surface area contributed by atoms with Gasteiger partial charge in [-0.2, -0.15) is 0 Å². The summed E-state index contributed by atoms with van der Waals surface area (Å²) in [6.45, 7) is 5.95. The van der Waals surface area contributed by atoms with Gasteiger partial charge in [0.05, 0.1) is 11.4 Å². The quantitative estimate of drug-likeness (QED) is 0.221. The number of pyridine rings is 1. The highest BCUT2D eigenvalue weighted by molar-refractivity contribution is 14.2. The van der Waals surface area contributed by atoms with Crippen molar-refractivity contribution >= 4 is 32.8 Å². The first-order chi connectivity index (χ1) is 15.9. The lowest BCUT2D eigenvalue weighted by atomic mass is 10.1. The van der Waals surface area contributed by atoms with Crippen molar-refractivity contribution in [3.8, 4) is 11.5 Å². The number of aryl methyl sites for hydroxylation is 1. The Balaban J connectivity index is 1.40. The van der Waals surface area contributed by atoms with Crippen molar-refractivity contribution in [3.63, 3.8) is 0 Å². The highest BCUT2D eigenvalue weighted by Gasteiger charge is 2.29. The number of hydrogen-bond donors (Lipinski definition) is 2. The van der Waals surface area contributed by atoms with Crippen LogP contribution in [0, 0.1) is 18.7 Å². The maximum absolute atomic E-state index is 14.8. The molecule has 33 heavy (non-hydrogen) atoms. The number of nitrogens with zero attached hydrogens (tertiary/aromatic N) is 6. The molecule has 1 aromatic carbocycles. The first-order valence-corrected chi connectivity index (χ1v) is 12.8. The summed E-state index contributed by atoms with van der Waals surface area (Å²) in [6, 6.07) is 8.73. The number of anilines is 2. The van der Waals surface area contributed by atoms with E-state index in [0.29, 0.717) is 23.3 Å². The van der Waals surface area contributed by atoms with Crippen molar-refractivity contribution in [1.29, 1.82) is 0 Å². The second-order valence-corrected chi connectivity index (χ2v) is 10.5. The zero-order valence-electron chi connectivity index (χ0n) is 18.6. The SMILES string of the molecule is Cc1cc(F)c(C(O)Nc2cccc(-c3nncn3C(C)C)n2)cc1N1C=C(C2CC2)N=I1. The fraction of sp³-hybridized carbons (Fsp3) is 0.348. The summed E-state index contributed by atoms with van der Waals surface area (Å²) in [4.78, 5) is 4.56. The van der Waals surface area contributed by atoms with Gasteiger partial charge in [-0.05, 0) is 63.4 Å². The molecule has 1 unspecified atom stereocenters. The molecule has 1 fully saturated rings. The van der Waals surface area contributed by atoms with Crippen LogP contribution in [0.25, 0.3) is 11.5 Å². The molecule has 3 aromatic rings. The lowest BCUT2D eigenvalue weighted by Gasteiger charge is -2.20. The van der Waals surface area contributed by atoms with Crippen LogP contribution in [0.15, 0.2) is 51.7 Å². The number of benzene rings is 1. The summed E-state index contributed by atoms with van der Waals surface area (Å²) in [7, 11) is 0. The Bertz CT molecular complexity index is 1250. The Kier molecular flexibility index (Phi) is 5.95. The first kappa shape index (κ1) is 22.1. The molecule has 10 heteroatoms. The molecule has 0 spiro atoms. The smallest absolute Gasteiger partial charge is 0.182 e. The molecule has 0 saturated heterocycles. The topological polar surface area (TPSA) is 91.5 Å². The highest BCUT2D eigenvalue weighted by atomic mass is 127. The average molecular weight is 561 g/mol. The maximum atomic E-state index is 14.8. The monoisotopic (exact) mass is 561 g/mol. The van der Waals surface area contributed by atoms with Crippen molar-refractivity contribution in [2.24, 2.45) is 9.06 Å². The van der Waals surface area contributed by atoms with Crippen molar-refractivity contribution in [3.05, 3.63) is 65.5 Å². The predicted octanol–water partition coefficient (Wildman–Crippen LogP) is 5.61. The van der Waals surface area contributed by atoms with Gasteiger partial charge in [-0.3, -0.25) is 3.11 Å². The molecular formula is C23H25FIN7O. The van der Waals surface area contributed by atoms with Crippen LogP contribution in [0.3, 0.4) is 0 Å². The van der Waals surface area contributed by atoms with Crippen LogP contribution in [0.4, 0.5) is 15.9 Å². The van der Waals surface area contributed by atoms with Gasteiger partial charge in [0, 0.05) is 23.7 Å². The second kappa shape index (κ2) is 8.90. The minimum Gasteiger partial charge on any atom is -0.369 e. The lowest BCUT2D eigenvalue weighted by molar-refractivity contribution is 0.202. The Labute approximate surface area is 202 Å². The van der Waals surface area contributed by atoms with E-state index in [1.807, 2.05) is 37.5 Å². The van der Waals surface area contributed by atoms with Crippen molar-refractivity contribution in [1.82, 2.24) is 19.7 Å². The molecular weight excluding hydrogens is 536 g/mol. The van der Waals surface area contributed by atoms with Gasteiger partial charge in [-0.25, -0.2) is 12.5 Å². The molecule has 1 aliphatic heterocycles. The molecule has 5 rings (SSSR count). The number of nitrogens with one attached hydrogen (secondary N) is 1. The van der Waals surface area contributed by atoms with Gasteiger partial charge in [-0.1, -0.05) is 6.07 Å². The summed E-state index contributed by atoms with van der Waals surface area (Å²) in [5.74, 6) is 1.17. The summed E-state index contributed by atoms with van der Waals surface area (Å²) in [5.41, 5.74) is 3.64. The molecule has 1 atom stereocenters. The third kappa shape index (κ3) is 4.54. The molecule has 0 radical (unpaired) electrons. The average Bonchev–Trinajstić information content (AvgIpc) is 3.31. The van der Waals surface area contributed by atoms with Gasteiger partial charge in [0.25, 0.3) is 0 Å². The van der Waals surface area contributed by atoms with E-state index < -0.39 is 33.4 Å². The highest BCUT2D eigenvalue weighted by Crippen LogP contribution is 2.44. The summed E-state index contributed by atoms with van der Waals surface area (Å²) >= 11 is -0.565. The van der Waals surface area contributed by atoms with Crippen LogP contribution in [0.5, 0.6) is 0 Å². The zero-order valence-corrected chi connectivity index (χ0v) is 20.7. The molecule has 3 heterocycles. The molecule has 172 valence electrons. The Morgan fingerprint density at radius 1 is 1.24 bits per heavy atom. The first-order valence-electron chi connectivity index (χ1n) is 10.9. The molecule has 1 aliphatic carbocycles. The van der Waals surface area contributed by atoms with Crippen molar-refractivity contribution < 1.29 is 9.50 Å². The van der Waals surface area contributed by atoms with E-state index in [9.17, 15) is 9.50 Å². The number of hydrogen-bond acceptors (Lipinski definition) is 7. The Morgan fingerprint density at radius 2 is 2.06 bits per heavy atom. The molecule has 2 aromatic heterocycles. The van der Waals surface area contributed by atoms with Crippen molar-refractivity contribution in [2.45, 2.75) is 45.9 Å². The second-order valence-electron chi connectivity index (χ2n) is 8.57. The van der Waals surface area contributed by atoms with Gasteiger partial charge in [-0.15, -0.1) is 10.2 Å². The summed E-state index contributed by atoms with van der Waals surface area (Å²) < 4.78 is 23.6. The fourth-order valence-corrected chi connectivity index (χ4v) is 5.85. The van der Waals surface area contributed by atoms with E-state index in [4.69, 9.17) is 3.15 Å². The lowest BCUT2D eigenvalue weighted by Crippen LogP contribution is -2.14. The number of halogens is 2. The Hall–Kier alpha value is -2.73. The maximum Gasteiger partial charge on any atom is 0.182 e. The van der Waals surface area contributed by atoms with Crippen LogP contribution < -0.4 is 8.43 Å². The standard InChI is InChI=1S/C23H25FIN7O/c1-13(2)31-12-26-30-22(31)18-5-4-6-21(27-18)28-23(33)16-10-20(14(3)9-17(16)24)32-11-19(29-25-32)15-7-8-15/h4-6,9-13,15,23,33H,7-8H2,1-3H3,(H,27,28). The minimum absolute atomic E-state index is 0.172. The Morgan fingerprint density at radius 3 is 2.82 bits per heavy atom. The van der Waals surface area contributed by atoms with Gasteiger partial charge >= 0.3 is 0 Å².